The molecule has 68 valence electrons. The van der Waals surface area contributed by atoms with Gasteiger partial charge in [-0.05, 0) is 13.3 Å². The van der Waals surface area contributed by atoms with Gasteiger partial charge in [0.1, 0.15) is 11.2 Å². The molecule has 5 heteroatoms. The lowest BCUT2D eigenvalue weighted by molar-refractivity contribution is -0.149. The molecule has 2 atom stereocenters. The monoisotopic (exact) mass is 178 g/mol. The molecule has 0 aromatic rings. The molecule has 0 aromatic heterocycles. The van der Waals surface area contributed by atoms with E-state index in [1.807, 2.05) is 0 Å². The van der Waals surface area contributed by atoms with Crippen molar-refractivity contribution in [2.24, 2.45) is 11.3 Å². The van der Waals surface area contributed by atoms with Gasteiger partial charge in [-0.2, -0.15) is 0 Å². The summed E-state index contributed by atoms with van der Waals surface area (Å²) in [7, 11) is 0. The third kappa shape index (κ3) is 1.00. The number of carboxylic acid groups (broad SMARTS) is 1. The number of carbonyl (C=O) groups excluding carboxylic acids is 1. The quantitative estimate of drug-likeness (QED) is 0.654. The Bertz CT molecular complexity index is 223. The van der Waals surface area contributed by atoms with E-state index in [0.29, 0.717) is 0 Å². The molecule has 1 N–H and O–H groups in total. The number of aliphatic carboxylic acids is 1. The van der Waals surface area contributed by atoms with Crippen LogP contribution in [0, 0.1) is 11.3 Å². The van der Waals surface area contributed by atoms with Crippen molar-refractivity contribution < 1.29 is 23.5 Å². The SMILES string of the molecule is CC(=O)C1(C(=O)O)CC1C(F)F. The van der Waals surface area contributed by atoms with Gasteiger partial charge in [0.05, 0.1) is 0 Å². The Labute approximate surface area is 67.4 Å². The molecule has 1 aliphatic rings. The predicted molar refractivity (Wildman–Crippen MR) is 34.9 cm³/mol. The smallest absolute Gasteiger partial charge is 0.317 e. The Kier molecular flexibility index (Phi) is 1.89. The normalized spacial score (nSPS) is 33.5. The number of carboxylic acids is 1. The lowest BCUT2D eigenvalue weighted by atomic mass is 9.99. The first-order valence-corrected chi connectivity index (χ1v) is 3.45. The molecule has 3 nitrogen and oxygen atoms in total. The lowest BCUT2D eigenvalue weighted by Gasteiger charge is -2.06. The highest BCUT2D eigenvalue weighted by Crippen LogP contribution is 2.56. The summed E-state index contributed by atoms with van der Waals surface area (Å²) in [6.45, 7) is 1.04. The number of ketones is 1. The molecular formula is C7H8F2O3. The molecule has 1 aliphatic carbocycles. The first-order valence-electron chi connectivity index (χ1n) is 3.45. The minimum atomic E-state index is -2.72. The van der Waals surface area contributed by atoms with Gasteiger partial charge in [0.2, 0.25) is 6.43 Å². The van der Waals surface area contributed by atoms with Gasteiger partial charge in [-0.15, -0.1) is 0 Å². The fraction of sp³-hybridized carbons (Fsp3) is 0.714. The van der Waals surface area contributed by atoms with Crippen LogP contribution in [0.25, 0.3) is 0 Å². The summed E-state index contributed by atoms with van der Waals surface area (Å²) in [6, 6.07) is 0. The largest absolute Gasteiger partial charge is 0.480 e. The van der Waals surface area contributed by atoms with Crippen LogP contribution in [0.4, 0.5) is 8.78 Å². The van der Waals surface area contributed by atoms with Crippen LogP contribution >= 0.6 is 0 Å². The second-order valence-electron chi connectivity index (χ2n) is 2.98. The molecule has 0 radical (unpaired) electrons. The van der Waals surface area contributed by atoms with E-state index in [1.54, 1.807) is 0 Å². The van der Waals surface area contributed by atoms with Crippen LogP contribution in [-0.2, 0) is 9.59 Å². The molecule has 1 rings (SSSR count). The van der Waals surface area contributed by atoms with Crippen LogP contribution in [0.3, 0.4) is 0 Å². The number of alkyl halides is 2. The van der Waals surface area contributed by atoms with Gasteiger partial charge in [-0.25, -0.2) is 8.78 Å². The average Bonchev–Trinajstić information content (AvgIpc) is 2.60. The number of hydrogen-bond donors (Lipinski definition) is 1. The molecule has 0 aromatic carbocycles. The van der Waals surface area contributed by atoms with Crippen molar-refractivity contribution in [1.82, 2.24) is 0 Å². The van der Waals surface area contributed by atoms with E-state index in [-0.39, 0.29) is 6.42 Å². The topological polar surface area (TPSA) is 54.4 Å². The molecule has 1 saturated carbocycles. The fourth-order valence-corrected chi connectivity index (χ4v) is 1.39. The van der Waals surface area contributed by atoms with Gasteiger partial charge in [0.15, 0.2) is 0 Å². The molecule has 2 unspecified atom stereocenters. The van der Waals surface area contributed by atoms with Crippen LogP contribution in [0.5, 0.6) is 0 Å². The molecule has 0 aliphatic heterocycles. The third-order valence-electron chi connectivity index (χ3n) is 2.33. The van der Waals surface area contributed by atoms with E-state index in [2.05, 4.69) is 0 Å². The number of rotatable bonds is 3. The highest BCUT2D eigenvalue weighted by atomic mass is 19.3. The van der Waals surface area contributed by atoms with Crippen molar-refractivity contribution in [2.75, 3.05) is 0 Å². The molecule has 0 heterocycles. The maximum atomic E-state index is 12.0. The Morgan fingerprint density at radius 2 is 2.08 bits per heavy atom. The molecule has 12 heavy (non-hydrogen) atoms. The minimum absolute atomic E-state index is 0.227. The van der Waals surface area contributed by atoms with E-state index in [0.717, 1.165) is 6.92 Å². The van der Waals surface area contributed by atoms with E-state index < -0.39 is 29.5 Å². The average molecular weight is 178 g/mol. The molecular weight excluding hydrogens is 170 g/mol. The summed E-state index contributed by atoms with van der Waals surface area (Å²) in [6.07, 6.45) is -2.94. The number of hydrogen-bond acceptors (Lipinski definition) is 2. The molecule has 0 saturated heterocycles. The van der Waals surface area contributed by atoms with Crippen LogP contribution in [-0.4, -0.2) is 23.3 Å². The van der Waals surface area contributed by atoms with Gasteiger partial charge >= 0.3 is 5.97 Å². The van der Waals surface area contributed by atoms with E-state index in [9.17, 15) is 18.4 Å². The van der Waals surface area contributed by atoms with Gasteiger partial charge in [-0.3, -0.25) is 9.59 Å². The van der Waals surface area contributed by atoms with Crippen LogP contribution in [0.2, 0.25) is 0 Å². The zero-order valence-corrected chi connectivity index (χ0v) is 6.38. The maximum absolute atomic E-state index is 12.0. The van der Waals surface area contributed by atoms with Crippen molar-refractivity contribution in [3.63, 3.8) is 0 Å². The molecule has 0 bridgehead atoms. The van der Waals surface area contributed by atoms with Crippen molar-refractivity contribution in [2.45, 2.75) is 19.8 Å². The lowest BCUT2D eigenvalue weighted by Crippen LogP contribution is -2.27. The zero-order chi connectivity index (χ0) is 9.52. The molecule has 1 fully saturated rings. The van der Waals surface area contributed by atoms with Crippen molar-refractivity contribution in [1.29, 1.82) is 0 Å². The second-order valence-corrected chi connectivity index (χ2v) is 2.98. The highest BCUT2D eigenvalue weighted by molar-refractivity contribution is 6.05. The van der Waals surface area contributed by atoms with Gasteiger partial charge in [-0.1, -0.05) is 0 Å². The molecule has 0 amide bonds. The Morgan fingerprint density at radius 3 is 2.17 bits per heavy atom. The summed E-state index contributed by atoms with van der Waals surface area (Å²) >= 11 is 0. The summed E-state index contributed by atoms with van der Waals surface area (Å²) in [5.74, 6) is -3.40. The third-order valence-corrected chi connectivity index (χ3v) is 2.33. The van der Waals surface area contributed by atoms with E-state index >= 15 is 0 Å². The van der Waals surface area contributed by atoms with Gasteiger partial charge in [0, 0.05) is 5.92 Å². The van der Waals surface area contributed by atoms with E-state index in [1.165, 1.54) is 0 Å². The zero-order valence-electron chi connectivity index (χ0n) is 6.38. The Balaban J connectivity index is 2.83. The summed E-state index contributed by atoms with van der Waals surface area (Å²) < 4.78 is 24.0. The van der Waals surface area contributed by atoms with Gasteiger partial charge < -0.3 is 5.11 Å². The minimum Gasteiger partial charge on any atom is -0.480 e. The van der Waals surface area contributed by atoms with Crippen molar-refractivity contribution in [3.8, 4) is 0 Å². The van der Waals surface area contributed by atoms with Crippen LogP contribution < -0.4 is 0 Å². The van der Waals surface area contributed by atoms with Crippen molar-refractivity contribution >= 4 is 11.8 Å². The predicted octanol–water partition coefficient (Wildman–Crippen LogP) is 0.931. The number of halogens is 2. The van der Waals surface area contributed by atoms with Crippen LogP contribution in [0.1, 0.15) is 13.3 Å². The highest BCUT2D eigenvalue weighted by Gasteiger charge is 2.67. The fourth-order valence-electron chi connectivity index (χ4n) is 1.39. The second kappa shape index (κ2) is 2.50. The van der Waals surface area contributed by atoms with E-state index in [4.69, 9.17) is 5.11 Å². The standard InChI is InChI=1S/C7H8F2O3/c1-3(10)7(6(11)12)2-4(7)5(8)9/h4-5H,2H2,1H3,(H,11,12). The summed E-state index contributed by atoms with van der Waals surface area (Å²) in [5, 5.41) is 8.54. The van der Waals surface area contributed by atoms with Crippen molar-refractivity contribution in [3.05, 3.63) is 0 Å². The maximum Gasteiger partial charge on any atom is 0.317 e. The molecule has 0 spiro atoms. The first kappa shape index (κ1) is 9.09. The Morgan fingerprint density at radius 1 is 1.58 bits per heavy atom. The first-order chi connectivity index (χ1) is 5.43. The summed E-state index contributed by atoms with van der Waals surface area (Å²) in [4.78, 5) is 21.3. The number of Topliss-reactive ketones (excluding diaryl/α,β-unsaturated/α-hetero) is 1. The number of carbonyl (C=O) groups is 2. The summed E-state index contributed by atoms with van der Waals surface area (Å²) in [5.41, 5.74) is -1.78. The van der Waals surface area contributed by atoms with Gasteiger partial charge in [0.25, 0.3) is 0 Å². The van der Waals surface area contributed by atoms with Crippen LogP contribution in [0.15, 0.2) is 0 Å². The Hall–Kier alpha value is -1.00.